The third-order valence-electron chi connectivity index (χ3n) is 5.56. The van der Waals surface area contributed by atoms with Crippen molar-refractivity contribution in [3.05, 3.63) is 29.8 Å². The molecule has 0 N–H and O–H groups in total. The Labute approximate surface area is 173 Å². The van der Waals surface area contributed by atoms with Crippen LogP contribution in [0.4, 0.5) is 0 Å². The molecule has 0 radical (unpaired) electrons. The molecule has 2 saturated heterocycles. The maximum atomic E-state index is 12.6. The van der Waals surface area contributed by atoms with Gasteiger partial charge in [0.25, 0.3) is 0 Å². The van der Waals surface area contributed by atoms with Crippen LogP contribution in [0.1, 0.15) is 45.1 Å². The van der Waals surface area contributed by atoms with Crippen molar-refractivity contribution >= 4 is 17.9 Å². The maximum Gasteiger partial charge on any atom is 0.246 e. The average Bonchev–Trinajstić information content (AvgIpc) is 3.28. The average molecular weight is 401 g/mol. The number of hydrogen-bond donors (Lipinski definition) is 0. The van der Waals surface area contributed by atoms with E-state index in [-0.39, 0.29) is 17.7 Å². The van der Waals surface area contributed by atoms with Gasteiger partial charge in [-0.3, -0.25) is 9.59 Å². The number of ether oxygens (including phenoxy) is 2. The minimum absolute atomic E-state index is 0.0103. The number of nitrogens with zero attached hydrogens (tertiary/aromatic N) is 2. The Kier molecular flexibility index (Phi) is 7.55. The first-order chi connectivity index (χ1) is 14.1. The van der Waals surface area contributed by atoms with Gasteiger partial charge in [-0.1, -0.05) is 6.07 Å². The highest BCUT2D eigenvalue weighted by atomic mass is 16.5. The normalized spacial score (nSPS) is 17.7. The van der Waals surface area contributed by atoms with Crippen molar-refractivity contribution in [1.29, 1.82) is 0 Å². The van der Waals surface area contributed by atoms with Crippen molar-refractivity contribution in [2.75, 3.05) is 39.4 Å². The Morgan fingerprint density at radius 1 is 0.966 bits per heavy atom. The number of piperidine rings is 1. The second-order valence-electron chi connectivity index (χ2n) is 7.54. The molecule has 29 heavy (non-hydrogen) atoms. The Hall–Kier alpha value is -2.50. The van der Waals surface area contributed by atoms with Gasteiger partial charge in [0.1, 0.15) is 0 Å². The summed E-state index contributed by atoms with van der Waals surface area (Å²) < 4.78 is 11.2. The lowest BCUT2D eigenvalue weighted by Crippen LogP contribution is -2.43. The molecule has 2 aliphatic heterocycles. The molecule has 2 fully saturated rings. The molecule has 6 heteroatoms. The molecule has 0 aromatic heterocycles. The van der Waals surface area contributed by atoms with E-state index in [0.29, 0.717) is 37.8 Å². The third-order valence-corrected chi connectivity index (χ3v) is 5.56. The zero-order chi connectivity index (χ0) is 20.6. The highest BCUT2D eigenvalue weighted by molar-refractivity contribution is 5.92. The summed E-state index contributed by atoms with van der Waals surface area (Å²) in [7, 11) is 0. The molecule has 1 aromatic carbocycles. The van der Waals surface area contributed by atoms with E-state index in [1.807, 2.05) is 47.9 Å². The molecule has 0 saturated carbocycles. The summed E-state index contributed by atoms with van der Waals surface area (Å²) in [5.74, 6) is 1.74. The molecule has 158 valence electrons. The van der Waals surface area contributed by atoms with Crippen molar-refractivity contribution in [2.24, 2.45) is 5.92 Å². The fourth-order valence-electron chi connectivity index (χ4n) is 3.99. The quantitative estimate of drug-likeness (QED) is 0.659. The minimum Gasteiger partial charge on any atom is -0.490 e. The highest BCUT2D eigenvalue weighted by Crippen LogP contribution is 2.29. The summed E-state index contributed by atoms with van der Waals surface area (Å²) in [6, 6.07) is 5.67. The van der Waals surface area contributed by atoms with E-state index in [1.54, 1.807) is 6.08 Å². The van der Waals surface area contributed by atoms with Crippen LogP contribution in [-0.4, -0.2) is 61.0 Å². The number of rotatable bonds is 7. The first-order valence-electron chi connectivity index (χ1n) is 10.8. The largest absolute Gasteiger partial charge is 0.490 e. The van der Waals surface area contributed by atoms with Gasteiger partial charge in [0, 0.05) is 38.2 Å². The van der Waals surface area contributed by atoms with E-state index in [4.69, 9.17) is 9.47 Å². The first-order valence-corrected chi connectivity index (χ1v) is 10.8. The van der Waals surface area contributed by atoms with Gasteiger partial charge in [-0.05, 0) is 63.3 Å². The van der Waals surface area contributed by atoms with Crippen molar-refractivity contribution in [3.63, 3.8) is 0 Å². The van der Waals surface area contributed by atoms with Crippen LogP contribution < -0.4 is 9.47 Å². The highest BCUT2D eigenvalue weighted by Gasteiger charge is 2.30. The topological polar surface area (TPSA) is 59.1 Å². The zero-order valence-corrected chi connectivity index (χ0v) is 17.6. The Bertz CT molecular complexity index is 732. The molecule has 0 spiro atoms. The van der Waals surface area contributed by atoms with E-state index >= 15 is 0 Å². The summed E-state index contributed by atoms with van der Waals surface area (Å²) in [6.45, 7) is 8.06. The number of amides is 2. The lowest BCUT2D eigenvalue weighted by Gasteiger charge is -2.32. The zero-order valence-electron chi connectivity index (χ0n) is 17.6. The standard InChI is InChI=1S/C23H32N2O4/c1-3-28-20-9-7-18(17-21(20)29-4-2)8-10-22(26)24-15-11-19(12-16-24)23(27)25-13-5-6-14-25/h7-10,17,19H,3-6,11-16H2,1-2H3/b10-8+. The van der Waals surface area contributed by atoms with Crippen LogP contribution in [0.5, 0.6) is 11.5 Å². The van der Waals surface area contributed by atoms with Crippen LogP contribution in [0.25, 0.3) is 6.08 Å². The Balaban J connectivity index is 1.54. The van der Waals surface area contributed by atoms with Crippen LogP contribution >= 0.6 is 0 Å². The molecule has 3 rings (SSSR count). The predicted molar refractivity (Wildman–Crippen MR) is 113 cm³/mol. The molecule has 2 heterocycles. The summed E-state index contributed by atoms with van der Waals surface area (Å²) in [4.78, 5) is 28.9. The molecule has 1 aromatic rings. The second kappa shape index (κ2) is 10.3. The molecule has 0 atom stereocenters. The van der Waals surface area contributed by atoms with Gasteiger partial charge < -0.3 is 19.3 Å². The van der Waals surface area contributed by atoms with Gasteiger partial charge in [-0.15, -0.1) is 0 Å². The van der Waals surface area contributed by atoms with Crippen molar-refractivity contribution in [2.45, 2.75) is 39.5 Å². The number of benzene rings is 1. The van der Waals surface area contributed by atoms with E-state index in [0.717, 1.165) is 44.3 Å². The Morgan fingerprint density at radius 2 is 1.62 bits per heavy atom. The van der Waals surface area contributed by atoms with Crippen LogP contribution in [0.15, 0.2) is 24.3 Å². The maximum absolute atomic E-state index is 12.6. The van der Waals surface area contributed by atoms with E-state index in [1.165, 1.54) is 0 Å². The van der Waals surface area contributed by atoms with E-state index in [2.05, 4.69) is 0 Å². The van der Waals surface area contributed by atoms with Gasteiger partial charge in [0.15, 0.2) is 11.5 Å². The number of likely N-dealkylation sites (tertiary alicyclic amines) is 2. The lowest BCUT2D eigenvalue weighted by atomic mass is 9.95. The van der Waals surface area contributed by atoms with E-state index < -0.39 is 0 Å². The summed E-state index contributed by atoms with van der Waals surface area (Å²) in [6.07, 6.45) is 7.16. The third kappa shape index (κ3) is 5.52. The lowest BCUT2D eigenvalue weighted by molar-refractivity contribution is -0.138. The van der Waals surface area contributed by atoms with Crippen LogP contribution in [0.3, 0.4) is 0 Å². The predicted octanol–water partition coefficient (Wildman–Crippen LogP) is 3.36. The fraction of sp³-hybridized carbons (Fsp3) is 0.565. The van der Waals surface area contributed by atoms with Gasteiger partial charge in [0.05, 0.1) is 13.2 Å². The molecule has 6 nitrogen and oxygen atoms in total. The minimum atomic E-state index is -0.0103. The summed E-state index contributed by atoms with van der Waals surface area (Å²) in [5.41, 5.74) is 0.893. The summed E-state index contributed by atoms with van der Waals surface area (Å²) in [5, 5.41) is 0. The van der Waals surface area contributed by atoms with Gasteiger partial charge in [-0.25, -0.2) is 0 Å². The molecular weight excluding hydrogens is 368 g/mol. The monoisotopic (exact) mass is 400 g/mol. The molecular formula is C23H32N2O4. The number of hydrogen-bond acceptors (Lipinski definition) is 4. The number of carbonyl (C=O) groups is 2. The van der Waals surface area contributed by atoms with Crippen molar-refractivity contribution in [3.8, 4) is 11.5 Å². The van der Waals surface area contributed by atoms with Gasteiger partial charge >= 0.3 is 0 Å². The second-order valence-corrected chi connectivity index (χ2v) is 7.54. The molecule has 0 aliphatic carbocycles. The van der Waals surface area contributed by atoms with Gasteiger partial charge in [-0.2, -0.15) is 0 Å². The van der Waals surface area contributed by atoms with Crippen molar-refractivity contribution in [1.82, 2.24) is 9.80 Å². The van der Waals surface area contributed by atoms with Crippen LogP contribution in [0.2, 0.25) is 0 Å². The van der Waals surface area contributed by atoms with Gasteiger partial charge in [0.2, 0.25) is 11.8 Å². The molecule has 0 bridgehead atoms. The smallest absolute Gasteiger partial charge is 0.246 e. The Morgan fingerprint density at radius 3 is 2.28 bits per heavy atom. The van der Waals surface area contributed by atoms with Crippen LogP contribution in [-0.2, 0) is 9.59 Å². The SMILES string of the molecule is CCOc1ccc(/C=C/C(=O)N2CCC(C(=O)N3CCCC3)CC2)cc1OCC. The molecule has 2 amide bonds. The molecule has 0 unspecified atom stereocenters. The molecule has 2 aliphatic rings. The fourth-order valence-corrected chi connectivity index (χ4v) is 3.99. The van der Waals surface area contributed by atoms with Crippen LogP contribution in [0, 0.1) is 5.92 Å². The number of carbonyl (C=O) groups excluding carboxylic acids is 2. The van der Waals surface area contributed by atoms with E-state index in [9.17, 15) is 9.59 Å². The summed E-state index contributed by atoms with van der Waals surface area (Å²) >= 11 is 0. The van der Waals surface area contributed by atoms with Crippen molar-refractivity contribution < 1.29 is 19.1 Å². The first kappa shape index (κ1) is 21.2.